The number of nitrogens with zero attached hydrogens (tertiary/aromatic N) is 3. The lowest BCUT2D eigenvalue weighted by molar-refractivity contribution is 0.306. The van der Waals surface area contributed by atoms with Gasteiger partial charge in [0.05, 0.1) is 12.8 Å². The van der Waals surface area contributed by atoms with Crippen molar-refractivity contribution in [2.45, 2.75) is 42.8 Å². The van der Waals surface area contributed by atoms with Crippen LogP contribution in [0.2, 0.25) is 0 Å². The Morgan fingerprint density at radius 2 is 1.77 bits per heavy atom. The molecule has 0 radical (unpaired) electrons. The lowest BCUT2D eigenvalue weighted by Gasteiger charge is -2.09. The molecular weight excluding hydrogens is 413 g/mol. The number of furan rings is 1. The first kappa shape index (κ1) is 19.9. The van der Waals surface area contributed by atoms with E-state index in [-0.39, 0.29) is 5.82 Å². The predicted octanol–water partition coefficient (Wildman–Crippen LogP) is 5.81. The minimum absolute atomic E-state index is 0.241. The molecule has 5 rings (SSSR count). The molecule has 0 saturated heterocycles. The maximum atomic E-state index is 13.0. The zero-order valence-electron chi connectivity index (χ0n) is 16.9. The average molecular weight is 436 g/mol. The van der Waals surface area contributed by atoms with E-state index in [1.165, 1.54) is 30.5 Å². The fourth-order valence-electron chi connectivity index (χ4n) is 3.33. The highest BCUT2D eigenvalue weighted by atomic mass is 32.2. The van der Waals surface area contributed by atoms with Gasteiger partial charge in [0.25, 0.3) is 0 Å². The van der Waals surface area contributed by atoms with Gasteiger partial charge in [0, 0.05) is 11.7 Å². The highest BCUT2D eigenvalue weighted by molar-refractivity contribution is 7.98. The number of aromatic nitrogens is 3. The Labute approximate surface area is 184 Å². The van der Waals surface area contributed by atoms with E-state index in [2.05, 4.69) is 26.9 Å². The van der Waals surface area contributed by atoms with Gasteiger partial charge in [0.15, 0.2) is 5.16 Å². The van der Waals surface area contributed by atoms with Crippen molar-refractivity contribution < 1.29 is 13.5 Å². The van der Waals surface area contributed by atoms with E-state index in [1.54, 1.807) is 30.2 Å². The van der Waals surface area contributed by atoms with Gasteiger partial charge in [-0.1, -0.05) is 36.0 Å². The molecule has 1 aliphatic rings. The maximum Gasteiger partial charge on any atom is 0.191 e. The van der Waals surface area contributed by atoms with Crippen LogP contribution in [0.15, 0.2) is 76.5 Å². The van der Waals surface area contributed by atoms with Gasteiger partial charge in [-0.15, -0.1) is 10.2 Å². The Balaban J connectivity index is 1.20. The molecule has 5 nitrogen and oxygen atoms in total. The molecule has 2 aromatic carbocycles. The standard InChI is InChI=1S/C24H22FN3O2S/c25-20-9-3-17(4-10-20)15-30-21-11-5-18(6-12-21)16-31-24-27-26-23(19-7-8-19)28(24)14-22-2-1-13-29-22/h1-6,9-13,19H,7-8,14-16H2. The molecular formula is C24H22FN3O2S. The summed E-state index contributed by atoms with van der Waals surface area (Å²) in [5.41, 5.74) is 2.11. The molecule has 0 bridgehead atoms. The molecule has 1 fully saturated rings. The van der Waals surface area contributed by atoms with E-state index < -0.39 is 0 Å². The minimum Gasteiger partial charge on any atom is -0.489 e. The molecule has 1 saturated carbocycles. The van der Waals surface area contributed by atoms with Crippen molar-refractivity contribution in [3.63, 3.8) is 0 Å². The molecule has 0 aliphatic heterocycles. The summed E-state index contributed by atoms with van der Waals surface area (Å²) in [6.45, 7) is 1.07. The van der Waals surface area contributed by atoms with Crippen molar-refractivity contribution in [1.82, 2.24) is 14.8 Å². The Morgan fingerprint density at radius 1 is 1.00 bits per heavy atom. The number of hydrogen-bond acceptors (Lipinski definition) is 5. The van der Waals surface area contributed by atoms with Gasteiger partial charge in [0.2, 0.25) is 0 Å². The second kappa shape index (κ2) is 8.98. The Bertz CT molecular complexity index is 1120. The number of hydrogen-bond donors (Lipinski definition) is 0. The minimum atomic E-state index is -0.241. The van der Waals surface area contributed by atoms with Crippen LogP contribution in [0.1, 0.15) is 41.5 Å². The third-order valence-corrected chi connectivity index (χ3v) is 6.23. The van der Waals surface area contributed by atoms with Gasteiger partial charge < -0.3 is 9.15 Å². The fourth-order valence-corrected chi connectivity index (χ4v) is 4.24. The van der Waals surface area contributed by atoms with Crippen LogP contribution in [0.5, 0.6) is 5.75 Å². The molecule has 2 heterocycles. The van der Waals surface area contributed by atoms with Gasteiger partial charge in [-0.2, -0.15) is 0 Å². The van der Waals surface area contributed by atoms with Crippen molar-refractivity contribution >= 4 is 11.8 Å². The average Bonchev–Trinajstić information content (AvgIpc) is 3.36. The molecule has 158 valence electrons. The summed E-state index contributed by atoms with van der Waals surface area (Å²) < 4.78 is 26.5. The molecule has 0 amide bonds. The second-order valence-electron chi connectivity index (χ2n) is 7.63. The summed E-state index contributed by atoms with van der Waals surface area (Å²) in [7, 11) is 0. The predicted molar refractivity (Wildman–Crippen MR) is 117 cm³/mol. The van der Waals surface area contributed by atoms with E-state index in [0.717, 1.165) is 33.8 Å². The summed E-state index contributed by atoms with van der Waals surface area (Å²) in [6.07, 6.45) is 4.06. The Hall–Kier alpha value is -3.06. The van der Waals surface area contributed by atoms with E-state index in [1.807, 2.05) is 24.3 Å². The van der Waals surface area contributed by atoms with Crippen molar-refractivity contribution in [3.05, 3.63) is 95.5 Å². The van der Waals surface area contributed by atoms with Gasteiger partial charge >= 0.3 is 0 Å². The molecule has 0 N–H and O–H groups in total. The summed E-state index contributed by atoms with van der Waals surface area (Å²) in [5, 5.41) is 9.81. The third-order valence-electron chi connectivity index (χ3n) is 5.19. The zero-order chi connectivity index (χ0) is 21.0. The van der Waals surface area contributed by atoms with Crippen LogP contribution in [0.3, 0.4) is 0 Å². The molecule has 4 aromatic rings. The van der Waals surface area contributed by atoms with Gasteiger partial charge in [-0.05, 0) is 60.4 Å². The molecule has 31 heavy (non-hydrogen) atoms. The molecule has 2 aromatic heterocycles. The first-order valence-electron chi connectivity index (χ1n) is 10.3. The zero-order valence-corrected chi connectivity index (χ0v) is 17.7. The summed E-state index contributed by atoms with van der Waals surface area (Å²) in [4.78, 5) is 0. The lowest BCUT2D eigenvalue weighted by atomic mass is 10.2. The van der Waals surface area contributed by atoms with Crippen LogP contribution in [-0.2, 0) is 18.9 Å². The Morgan fingerprint density at radius 3 is 2.48 bits per heavy atom. The second-order valence-corrected chi connectivity index (χ2v) is 8.57. The highest BCUT2D eigenvalue weighted by Gasteiger charge is 2.30. The molecule has 7 heteroatoms. The van der Waals surface area contributed by atoms with Gasteiger partial charge in [0.1, 0.15) is 29.8 Å². The number of thioether (sulfide) groups is 1. The van der Waals surface area contributed by atoms with E-state index in [9.17, 15) is 4.39 Å². The number of rotatable bonds is 9. The quantitative estimate of drug-likeness (QED) is 0.311. The number of benzene rings is 2. The monoisotopic (exact) mass is 435 g/mol. The van der Waals surface area contributed by atoms with Crippen LogP contribution in [0, 0.1) is 5.82 Å². The summed E-state index contributed by atoms with van der Waals surface area (Å²) >= 11 is 1.68. The Kier molecular flexibility index (Phi) is 5.76. The summed E-state index contributed by atoms with van der Waals surface area (Å²) in [5.74, 6) is 3.83. The van der Waals surface area contributed by atoms with E-state index in [0.29, 0.717) is 19.1 Å². The molecule has 1 aliphatic carbocycles. The first-order valence-corrected chi connectivity index (χ1v) is 11.3. The fraction of sp³-hybridized carbons (Fsp3) is 0.250. The highest BCUT2D eigenvalue weighted by Crippen LogP contribution is 2.40. The van der Waals surface area contributed by atoms with Crippen LogP contribution in [0.25, 0.3) is 0 Å². The third kappa shape index (κ3) is 4.99. The number of ether oxygens (including phenoxy) is 1. The van der Waals surface area contributed by atoms with Crippen LogP contribution in [0.4, 0.5) is 4.39 Å². The maximum absolute atomic E-state index is 13.0. The van der Waals surface area contributed by atoms with Crippen molar-refractivity contribution in [2.24, 2.45) is 0 Å². The van der Waals surface area contributed by atoms with E-state index in [4.69, 9.17) is 9.15 Å². The van der Waals surface area contributed by atoms with Crippen molar-refractivity contribution in [2.75, 3.05) is 0 Å². The van der Waals surface area contributed by atoms with Gasteiger partial charge in [-0.25, -0.2) is 4.39 Å². The SMILES string of the molecule is Fc1ccc(COc2ccc(CSc3nnc(C4CC4)n3Cc3ccco3)cc2)cc1. The van der Waals surface area contributed by atoms with Crippen LogP contribution < -0.4 is 4.74 Å². The molecule has 0 spiro atoms. The number of halogens is 1. The topological polar surface area (TPSA) is 53.1 Å². The first-order chi connectivity index (χ1) is 15.2. The van der Waals surface area contributed by atoms with Crippen molar-refractivity contribution in [3.8, 4) is 5.75 Å². The van der Waals surface area contributed by atoms with E-state index >= 15 is 0 Å². The summed E-state index contributed by atoms with van der Waals surface area (Å²) in [6, 6.07) is 18.3. The lowest BCUT2D eigenvalue weighted by Crippen LogP contribution is -2.05. The van der Waals surface area contributed by atoms with Gasteiger partial charge in [-0.3, -0.25) is 4.57 Å². The largest absolute Gasteiger partial charge is 0.489 e. The van der Waals surface area contributed by atoms with Crippen LogP contribution >= 0.6 is 11.8 Å². The molecule has 0 atom stereocenters. The van der Waals surface area contributed by atoms with Crippen LogP contribution in [-0.4, -0.2) is 14.8 Å². The van der Waals surface area contributed by atoms with Crippen molar-refractivity contribution in [1.29, 1.82) is 0 Å². The molecule has 0 unspecified atom stereocenters. The smallest absolute Gasteiger partial charge is 0.191 e. The normalized spacial score (nSPS) is 13.5.